The number of carbonyl (C=O) groups excluding carboxylic acids is 1. The van der Waals surface area contributed by atoms with Gasteiger partial charge in [0, 0.05) is 39.6 Å². The summed E-state index contributed by atoms with van der Waals surface area (Å²) in [7, 11) is 1.80. The van der Waals surface area contributed by atoms with Crippen LogP contribution in [0.3, 0.4) is 0 Å². The highest BCUT2D eigenvalue weighted by molar-refractivity contribution is 5.80. The van der Waals surface area contributed by atoms with E-state index in [2.05, 4.69) is 75.1 Å². The smallest absolute Gasteiger partial charge is 0.222 e. The lowest BCUT2D eigenvalue weighted by atomic mass is 9.99. The first kappa shape index (κ1) is 23.3. The molecule has 6 nitrogen and oxygen atoms in total. The Balaban J connectivity index is 1.20. The molecule has 1 atom stereocenters. The van der Waals surface area contributed by atoms with Crippen LogP contribution in [-0.2, 0) is 17.8 Å². The number of nitrogens with one attached hydrogen (secondary N) is 2. The van der Waals surface area contributed by atoms with Crippen molar-refractivity contribution in [2.75, 3.05) is 39.8 Å². The van der Waals surface area contributed by atoms with E-state index in [0.717, 1.165) is 58.1 Å². The molecule has 1 amide bonds. The molecule has 1 unspecified atom stereocenters. The quantitative estimate of drug-likeness (QED) is 0.370. The molecule has 0 aliphatic carbocycles. The molecule has 0 saturated carbocycles. The summed E-state index contributed by atoms with van der Waals surface area (Å²) < 4.78 is 0. The van der Waals surface area contributed by atoms with Crippen LogP contribution >= 0.6 is 0 Å². The SMILES string of the molecule is CN=C(NCCCC(=O)N1CCc2ccccc2C1)NCC(c1ccccc1)N1CCCC1. The van der Waals surface area contributed by atoms with E-state index in [0.29, 0.717) is 12.5 Å². The van der Waals surface area contributed by atoms with Gasteiger partial charge < -0.3 is 15.5 Å². The van der Waals surface area contributed by atoms with E-state index in [-0.39, 0.29) is 5.91 Å². The zero-order valence-electron chi connectivity index (χ0n) is 19.8. The van der Waals surface area contributed by atoms with Gasteiger partial charge in [0.15, 0.2) is 5.96 Å². The molecule has 0 spiro atoms. The molecule has 2 aliphatic rings. The first-order chi connectivity index (χ1) is 16.2. The summed E-state index contributed by atoms with van der Waals surface area (Å²) in [6, 6.07) is 19.5. The van der Waals surface area contributed by atoms with Crippen LogP contribution in [0.1, 0.15) is 48.4 Å². The van der Waals surface area contributed by atoms with Crippen LogP contribution in [0, 0.1) is 0 Å². The maximum atomic E-state index is 12.7. The minimum absolute atomic E-state index is 0.243. The van der Waals surface area contributed by atoms with E-state index >= 15 is 0 Å². The van der Waals surface area contributed by atoms with Crippen LogP contribution in [0.15, 0.2) is 59.6 Å². The largest absolute Gasteiger partial charge is 0.356 e. The second-order valence-corrected chi connectivity index (χ2v) is 8.99. The van der Waals surface area contributed by atoms with Crippen molar-refractivity contribution in [3.05, 3.63) is 71.3 Å². The predicted molar refractivity (Wildman–Crippen MR) is 134 cm³/mol. The van der Waals surface area contributed by atoms with Gasteiger partial charge in [-0.25, -0.2) is 0 Å². The van der Waals surface area contributed by atoms with Gasteiger partial charge in [0.2, 0.25) is 5.91 Å². The van der Waals surface area contributed by atoms with E-state index in [9.17, 15) is 4.79 Å². The van der Waals surface area contributed by atoms with Gasteiger partial charge in [-0.1, -0.05) is 54.6 Å². The third-order valence-electron chi connectivity index (χ3n) is 6.80. The van der Waals surface area contributed by atoms with E-state index < -0.39 is 0 Å². The minimum Gasteiger partial charge on any atom is -0.356 e. The molecule has 6 heteroatoms. The Morgan fingerprint density at radius 3 is 2.45 bits per heavy atom. The van der Waals surface area contributed by atoms with Crippen LogP contribution in [0.5, 0.6) is 0 Å². The highest BCUT2D eigenvalue weighted by atomic mass is 16.2. The molecule has 2 N–H and O–H groups in total. The van der Waals surface area contributed by atoms with Crippen LogP contribution in [0.4, 0.5) is 0 Å². The van der Waals surface area contributed by atoms with Crippen molar-refractivity contribution < 1.29 is 4.79 Å². The van der Waals surface area contributed by atoms with E-state index in [1.807, 2.05) is 4.90 Å². The summed E-state index contributed by atoms with van der Waals surface area (Å²) in [5.41, 5.74) is 4.00. The second kappa shape index (κ2) is 11.8. The molecule has 33 heavy (non-hydrogen) atoms. The number of aliphatic imine (C=N–C) groups is 1. The van der Waals surface area contributed by atoms with Crippen molar-refractivity contribution in [1.82, 2.24) is 20.4 Å². The highest BCUT2D eigenvalue weighted by Crippen LogP contribution is 2.24. The number of nitrogens with zero attached hydrogens (tertiary/aromatic N) is 3. The first-order valence-corrected chi connectivity index (χ1v) is 12.3. The number of rotatable bonds is 8. The second-order valence-electron chi connectivity index (χ2n) is 8.99. The number of hydrogen-bond acceptors (Lipinski definition) is 3. The third kappa shape index (κ3) is 6.35. The molecule has 0 bridgehead atoms. The Bertz CT molecular complexity index is 923. The molecule has 176 valence electrons. The number of guanidine groups is 1. The number of carbonyl (C=O) groups is 1. The molecule has 2 aliphatic heterocycles. The Kier molecular flexibility index (Phi) is 8.36. The van der Waals surface area contributed by atoms with Crippen molar-refractivity contribution in [2.45, 2.75) is 44.7 Å². The average molecular weight is 448 g/mol. The molecule has 0 aromatic heterocycles. The monoisotopic (exact) mass is 447 g/mol. The van der Waals surface area contributed by atoms with Crippen molar-refractivity contribution in [2.24, 2.45) is 4.99 Å². The lowest BCUT2D eigenvalue weighted by Gasteiger charge is -2.29. The topological polar surface area (TPSA) is 60.0 Å². The summed E-state index contributed by atoms with van der Waals surface area (Å²) in [4.78, 5) is 21.6. The number of benzene rings is 2. The summed E-state index contributed by atoms with van der Waals surface area (Å²) in [5.74, 6) is 1.04. The van der Waals surface area contributed by atoms with Gasteiger partial charge >= 0.3 is 0 Å². The predicted octanol–water partition coefficient (Wildman–Crippen LogP) is 3.35. The average Bonchev–Trinajstić information content (AvgIpc) is 3.40. The Labute approximate surface area is 198 Å². The van der Waals surface area contributed by atoms with Gasteiger partial charge in [-0.05, 0) is 55.5 Å². The molecule has 1 saturated heterocycles. The van der Waals surface area contributed by atoms with Gasteiger partial charge in [-0.15, -0.1) is 0 Å². The zero-order valence-corrected chi connectivity index (χ0v) is 19.8. The maximum Gasteiger partial charge on any atom is 0.222 e. The fraction of sp³-hybridized carbons (Fsp3) is 0.481. The van der Waals surface area contributed by atoms with Crippen molar-refractivity contribution in [1.29, 1.82) is 0 Å². The fourth-order valence-corrected chi connectivity index (χ4v) is 4.91. The molecule has 1 fully saturated rings. The molecule has 0 radical (unpaired) electrons. The molecule has 2 aromatic carbocycles. The van der Waals surface area contributed by atoms with E-state index in [1.165, 1.54) is 29.5 Å². The summed E-state index contributed by atoms with van der Waals surface area (Å²) >= 11 is 0. The van der Waals surface area contributed by atoms with E-state index in [4.69, 9.17) is 0 Å². The number of amides is 1. The maximum absolute atomic E-state index is 12.7. The minimum atomic E-state index is 0.243. The Hall–Kier alpha value is -2.86. The lowest BCUT2D eigenvalue weighted by Crippen LogP contribution is -2.43. The van der Waals surface area contributed by atoms with Gasteiger partial charge in [-0.3, -0.25) is 14.7 Å². The van der Waals surface area contributed by atoms with Crippen LogP contribution in [0.2, 0.25) is 0 Å². The third-order valence-corrected chi connectivity index (χ3v) is 6.80. The summed E-state index contributed by atoms with van der Waals surface area (Å²) in [6.45, 7) is 5.41. The number of likely N-dealkylation sites (tertiary alicyclic amines) is 1. The lowest BCUT2D eigenvalue weighted by molar-refractivity contribution is -0.132. The summed E-state index contributed by atoms with van der Waals surface area (Å²) in [5, 5.41) is 6.90. The molecule has 4 rings (SSSR count). The van der Waals surface area contributed by atoms with Crippen LogP contribution in [0.25, 0.3) is 0 Å². The van der Waals surface area contributed by atoms with Crippen LogP contribution in [-0.4, -0.2) is 61.4 Å². The Morgan fingerprint density at radius 2 is 1.70 bits per heavy atom. The van der Waals surface area contributed by atoms with Crippen molar-refractivity contribution in [3.8, 4) is 0 Å². The normalized spacial score (nSPS) is 17.5. The van der Waals surface area contributed by atoms with Crippen molar-refractivity contribution >= 4 is 11.9 Å². The first-order valence-electron chi connectivity index (χ1n) is 12.3. The fourth-order valence-electron chi connectivity index (χ4n) is 4.91. The van der Waals surface area contributed by atoms with E-state index in [1.54, 1.807) is 7.05 Å². The molecular formula is C27H37N5O. The molecule has 2 aromatic rings. The van der Waals surface area contributed by atoms with Gasteiger partial charge in [0.05, 0.1) is 6.04 Å². The highest BCUT2D eigenvalue weighted by Gasteiger charge is 2.23. The van der Waals surface area contributed by atoms with Crippen LogP contribution < -0.4 is 10.6 Å². The number of fused-ring (bicyclic) bond motifs is 1. The van der Waals surface area contributed by atoms with Gasteiger partial charge in [-0.2, -0.15) is 0 Å². The molecule has 2 heterocycles. The van der Waals surface area contributed by atoms with Crippen molar-refractivity contribution in [3.63, 3.8) is 0 Å². The molecular weight excluding hydrogens is 410 g/mol. The standard InChI is InChI=1S/C27H37N5O/c1-28-27(30-20-25(31-17-7-8-18-31)23-11-3-2-4-12-23)29-16-9-14-26(33)32-19-15-22-10-5-6-13-24(22)21-32/h2-6,10-13,25H,7-9,14-21H2,1H3,(H2,28,29,30). The van der Waals surface area contributed by atoms with Gasteiger partial charge in [0.25, 0.3) is 0 Å². The Morgan fingerprint density at radius 1 is 0.970 bits per heavy atom. The van der Waals surface area contributed by atoms with Gasteiger partial charge in [0.1, 0.15) is 0 Å². The zero-order chi connectivity index (χ0) is 22.9. The summed E-state index contributed by atoms with van der Waals surface area (Å²) in [6.07, 6.45) is 4.86. The number of hydrogen-bond donors (Lipinski definition) is 2.